The monoisotopic (exact) mass is 288 g/mol. The van der Waals surface area contributed by atoms with Crippen molar-refractivity contribution in [3.05, 3.63) is 18.3 Å². The highest BCUT2D eigenvalue weighted by Gasteiger charge is 2.27. The molecule has 2 N–H and O–H groups in total. The fourth-order valence-electron chi connectivity index (χ4n) is 2.36. The molecule has 1 aliphatic rings. The van der Waals surface area contributed by atoms with Crippen molar-refractivity contribution in [2.75, 3.05) is 43.4 Å². The van der Waals surface area contributed by atoms with Crippen LogP contribution in [0.3, 0.4) is 0 Å². The predicted molar refractivity (Wildman–Crippen MR) is 72.6 cm³/mol. The second-order valence-electron chi connectivity index (χ2n) is 4.96. The van der Waals surface area contributed by atoms with E-state index in [-0.39, 0.29) is 6.42 Å². The molecule has 0 saturated carbocycles. The summed E-state index contributed by atoms with van der Waals surface area (Å²) in [4.78, 5) is 8.39. The first kappa shape index (κ1) is 14.9. The van der Waals surface area contributed by atoms with Gasteiger partial charge in [-0.1, -0.05) is 0 Å². The average molecular weight is 288 g/mol. The number of pyridine rings is 1. The number of alkyl halides is 3. The molecule has 0 atom stereocenters. The number of nitrogen functional groups attached to an aromatic ring is 1. The maximum Gasteiger partial charge on any atom is 0.389 e. The first-order valence-corrected chi connectivity index (χ1v) is 6.70. The highest BCUT2D eigenvalue weighted by atomic mass is 19.4. The van der Waals surface area contributed by atoms with Crippen molar-refractivity contribution in [1.29, 1.82) is 0 Å². The number of anilines is 2. The third-order valence-corrected chi connectivity index (χ3v) is 3.42. The summed E-state index contributed by atoms with van der Waals surface area (Å²) < 4.78 is 36.3. The van der Waals surface area contributed by atoms with Gasteiger partial charge in [-0.2, -0.15) is 13.2 Å². The lowest BCUT2D eigenvalue weighted by Crippen LogP contribution is -2.47. The quantitative estimate of drug-likeness (QED) is 0.922. The SMILES string of the molecule is Nc1cccnc1N1CCN(CCCC(F)(F)F)CC1. The van der Waals surface area contributed by atoms with E-state index in [1.807, 2.05) is 0 Å². The third-order valence-electron chi connectivity index (χ3n) is 3.42. The van der Waals surface area contributed by atoms with E-state index < -0.39 is 12.6 Å². The van der Waals surface area contributed by atoms with Crippen LogP contribution in [0.1, 0.15) is 12.8 Å². The number of hydrogen-bond donors (Lipinski definition) is 1. The lowest BCUT2D eigenvalue weighted by atomic mass is 10.2. The minimum Gasteiger partial charge on any atom is -0.396 e. The number of rotatable bonds is 4. The highest BCUT2D eigenvalue weighted by Crippen LogP contribution is 2.23. The molecule has 1 aliphatic heterocycles. The molecule has 0 bridgehead atoms. The van der Waals surface area contributed by atoms with Gasteiger partial charge < -0.3 is 10.6 Å². The number of nitrogens with two attached hydrogens (primary N) is 1. The van der Waals surface area contributed by atoms with Crippen LogP contribution in [0.15, 0.2) is 18.3 Å². The van der Waals surface area contributed by atoms with Crippen LogP contribution in [-0.4, -0.2) is 48.8 Å². The van der Waals surface area contributed by atoms with Gasteiger partial charge in [0.05, 0.1) is 5.69 Å². The zero-order valence-corrected chi connectivity index (χ0v) is 11.2. The second-order valence-corrected chi connectivity index (χ2v) is 4.96. The number of hydrogen-bond acceptors (Lipinski definition) is 4. The Kier molecular flexibility index (Phi) is 4.69. The minimum absolute atomic E-state index is 0.162. The summed E-state index contributed by atoms with van der Waals surface area (Å²) >= 11 is 0. The Morgan fingerprint density at radius 3 is 2.50 bits per heavy atom. The van der Waals surface area contributed by atoms with Crippen LogP contribution >= 0.6 is 0 Å². The van der Waals surface area contributed by atoms with E-state index in [4.69, 9.17) is 5.73 Å². The maximum atomic E-state index is 12.1. The Balaban J connectivity index is 1.77. The van der Waals surface area contributed by atoms with Crippen LogP contribution in [0.2, 0.25) is 0 Å². The summed E-state index contributed by atoms with van der Waals surface area (Å²) in [5.41, 5.74) is 6.51. The molecule has 0 spiro atoms. The first-order chi connectivity index (χ1) is 9.46. The van der Waals surface area contributed by atoms with Crippen molar-refractivity contribution in [3.8, 4) is 0 Å². The molecular formula is C13H19F3N4. The zero-order chi connectivity index (χ0) is 14.6. The molecule has 1 aromatic rings. The molecular weight excluding hydrogens is 269 g/mol. The van der Waals surface area contributed by atoms with Gasteiger partial charge in [0.15, 0.2) is 5.82 Å². The third kappa shape index (κ3) is 4.26. The van der Waals surface area contributed by atoms with Gasteiger partial charge in [0.2, 0.25) is 0 Å². The molecule has 1 aromatic heterocycles. The van der Waals surface area contributed by atoms with Crippen LogP contribution in [-0.2, 0) is 0 Å². The zero-order valence-electron chi connectivity index (χ0n) is 11.2. The topological polar surface area (TPSA) is 45.4 Å². The average Bonchev–Trinajstić information content (AvgIpc) is 2.39. The summed E-state index contributed by atoms with van der Waals surface area (Å²) in [6, 6.07) is 3.59. The van der Waals surface area contributed by atoms with Gasteiger partial charge in [0.25, 0.3) is 0 Å². The van der Waals surface area contributed by atoms with Gasteiger partial charge in [-0.3, -0.25) is 4.90 Å². The van der Waals surface area contributed by atoms with Crippen molar-refractivity contribution >= 4 is 11.5 Å². The Hall–Kier alpha value is -1.50. The molecule has 0 amide bonds. The Labute approximate surface area is 116 Å². The standard InChI is InChI=1S/C13H19F3N4/c14-13(15,16)4-2-6-19-7-9-20(10-8-19)12-11(17)3-1-5-18-12/h1,3,5H,2,4,6-10,17H2. The lowest BCUT2D eigenvalue weighted by molar-refractivity contribution is -0.136. The lowest BCUT2D eigenvalue weighted by Gasteiger charge is -2.35. The van der Waals surface area contributed by atoms with E-state index in [1.165, 1.54) is 0 Å². The molecule has 2 rings (SSSR count). The number of aromatic nitrogens is 1. The summed E-state index contributed by atoms with van der Waals surface area (Å²) in [5.74, 6) is 0.766. The molecule has 0 radical (unpaired) electrons. The maximum absolute atomic E-state index is 12.1. The van der Waals surface area contributed by atoms with E-state index in [0.29, 0.717) is 12.2 Å². The van der Waals surface area contributed by atoms with E-state index in [9.17, 15) is 13.2 Å². The first-order valence-electron chi connectivity index (χ1n) is 6.70. The molecule has 2 heterocycles. The molecule has 112 valence electrons. The van der Waals surface area contributed by atoms with E-state index >= 15 is 0 Å². The fraction of sp³-hybridized carbons (Fsp3) is 0.615. The molecule has 1 fully saturated rings. The second kappa shape index (κ2) is 6.30. The predicted octanol–water partition coefficient (Wildman–Crippen LogP) is 2.13. The van der Waals surface area contributed by atoms with Gasteiger partial charge in [-0.25, -0.2) is 4.98 Å². The minimum atomic E-state index is -4.05. The number of halogens is 3. The van der Waals surface area contributed by atoms with Crippen LogP contribution in [0.4, 0.5) is 24.7 Å². The number of nitrogens with zero attached hydrogens (tertiary/aromatic N) is 3. The fourth-order valence-corrected chi connectivity index (χ4v) is 2.36. The van der Waals surface area contributed by atoms with Gasteiger partial charge in [-0.15, -0.1) is 0 Å². The molecule has 7 heteroatoms. The Morgan fingerprint density at radius 2 is 1.90 bits per heavy atom. The van der Waals surface area contributed by atoms with Crippen LogP contribution < -0.4 is 10.6 Å². The van der Waals surface area contributed by atoms with Gasteiger partial charge in [0, 0.05) is 38.8 Å². The van der Waals surface area contributed by atoms with Gasteiger partial charge in [-0.05, 0) is 25.1 Å². The van der Waals surface area contributed by atoms with Crippen molar-refractivity contribution in [2.45, 2.75) is 19.0 Å². The smallest absolute Gasteiger partial charge is 0.389 e. The van der Waals surface area contributed by atoms with Crippen molar-refractivity contribution in [3.63, 3.8) is 0 Å². The van der Waals surface area contributed by atoms with Crippen LogP contribution in [0, 0.1) is 0 Å². The summed E-state index contributed by atoms with van der Waals surface area (Å²) in [6.45, 7) is 3.47. The van der Waals surface area contributed by atoms with E-state index in [1.54, 1.807) is 18.3 Å². The van der Waals surface area contributed by atoms with Gasteiger partial charge >= 0.3 is 6.18 Å². The summed E-state index contributed by atoms with van der Waals surface area (Å²) in [6.07, 6.45) is -2.90. The highest BCUT2D eigenvalue weighted by molar-refractivity contribution is 5.62. The van der Waals surface area contributed by atoms with Crippen molar-refractivity contribution in [2.24, 2.45) is 0 Å². The Morgan fingerprint density at radius 1 is 1.20 bits per heavy atom. The Bertz CT molecular complexity index is 428. The van der Waals surface area contributed by atoms with E-state index in [0.717, 1.165) is 32.0 Å². The van der Waals surface area contributed by atoms with Crippen LogP contribution in [0.25, 0.3) is 0 Å². The molecule has 20 heavy (non-hydrogen) atoms. The molecule has 1 saturated heterocycles. The summed E-state index contributed by atoms with van der Waals surface area (Å²) in [7, 11) is 0. The molecule has 0 unspecified atom stereocenters. The molecule has 0 aliphatic carbocycles. The van der Waals surface area contributed by atoms with Crippen molar-refractivity contribution < 1.29 is 13.2 Å². The van der Waals surface area contributed by atoms with Crippen LogP contribution in [0.5, 0.6) is 0 Å². The summed E-state index contributed by atoms with van der Waals surface area (Å²) in [5, 5.41) is 0. The van der Waals surface area contributed by atoms with Gasteiger partial charge in [0.1, 0.15) is 0 Å². The number of piperazine rings is 1. The largest absolute Gasteiger partial charge is 0.396 e. The molecule has 4 nitrogen and oxygen atoms in total. The van der Waals surface area contributed by atoms with Crippen molar-refractivity contribution in [1.82, 2.24) is 9.88 Å². The van der Waals surface area contributed by atoms with E-state index in [2.05, 4.69) is 14.8 Å². The normalized spacial score (nSPS) is 17.4. The molecule has 0 aromatic carbocycles.